The van der Waals surface area contributed by atoms with Crippen molar-refractivity contribution in [2.75, 3.05) is 169 Å². The molecule has 0 saturated heterocycles. The standard InChI is InChI=1S/C34H52N8O4.C29H40N6O4/c1-37(2)15-9-13-35-25-21-23-28-27-24(32(44)41(33(45)29(25)27)19-11-17-39(5)6)22-26(36-14-10-16-38(3)4)30(28)34(46)42(31(23)43)20-12-18-40(7)8;1-31(2)13-7-12-30-22-18-21-23-19(26(36)34(28(21)38)16-8-14-32(3)4)10-11-20-24(23)25(22)29(39)35(27(20)37)17-9-15-33(5)6/h21-22,35,43H,9-20H2,1-8H3;10-11,18,37H,7-9,12-17H2,1-6H3. The monoisotopic (exact) mass is 1170 g/mol. The first-order chi connectivity index (χ1) is 40.3. The molecular formula is C63H92N14O8. The van der Waals surface area contributed by atoms with Crippen LogP contribution in [0.1, 0.15) is 44.9 Å². The number of nitrogens with one attached hydrogen (secondary N) is 1. The van der Waals surface area contributed by atoms with Crippen molar-refractivity contribution in [3.8, 4) is 34.0 Å². The van der Waals surface area contributed by atoms with Gasteiger partial charge in [-0.05, 0) is 220 Å². The highest BCUT2D eigenvalue weighted by molar-refractivity contribution is 6.19. The van der Waals surface area contributed by atoms with Gasteiger partial charge in [0.25, 0.3) is 33.4 Å². The van der Waals surface area contributed by atoms with E-state index in [1.54, 1.807) is 30.3 Å². The molecule has 85 heavy (non-hydrogen) atoms. The summed E-state index contributed by atoms with van der Waals surface area (Å²) in [5, 5.41) is 30.4. The van der Waals surface area contributed by atoms with E-state index in [1.165, 1.54) is 18.3 Å². The third kappa shape index (κ3) is 14.8. The molecule has 8 rings (SSSR count). The van der Waals surface area contributed by atoms with Crippen LogP contribution in [-0.2, 0) is 26.2 Å². The van der Waals surface area contributed by atoms with Crippen molar-refractivity contribution in [3.63, 3.8) is 0 Å². The normalized spacial score (nSPS) is 13.0. The minimum atomic E-state index is -0.399. The Morgan fingerprint density at radius 3 is 1.18 bits per heavy atom. The first-order valence-corrected chi connectivity index (χ1v) is 29.8. The van der Waals surface area contributed by atoms with Gasteiger partial charge in [0.1, 0.15) is 0 Å². The zero-order chi connectivity index (χ0) is 62.1. The number of rotatable bonds is 29. The summed E-state index contributed by atoms with van der Waals surface area (Å²) in [6, 6.07) is 8.50. The summed E-state index contributed by atoms with van der Waals surface area (Å²) < 4.78 is 5.42. The number of pyridine rings is 4. The average molecular weight is 1170 g/mol. The van der Waals surface area contributed by atoms with E-state index in [4.69, 9.17) is 9.98 Å². The molecule has 0 fully saturated rings. The number of benzene rings is 4. The molecule has 2 aliphatic carbocycles. The van der Waals surface area contributed by atoms with Crippen LogP contribution in [-0.4, -0.2) is 227 Å². The second-order valence-corrected chi connectivity index (χ2v) is 24.5. The van der Waals surface area contributed by atoms with Gasteiger partial charge in [-0.1, -0.05) is 0 Å². The smallest absolute Gasteiger partial charge is 0.263 e. The Morgan fingerprint density at radius 1 is 0.376 bits per heavy atom. The molecule has 4 aliphatic rings. The Morgan fingerprint density at radius 2 is 0.729 bits per heavy atom. The molecule has 0 spiro atoms. The van der Waals surface area contributed by atoms with Crippen molar-refractivity contribution in [2.45, 2.75) is 71.1 Å². The van der Waals surface area contributed by atoms with E-state index in [0.29, 0.717) is 147 Å². The van der Waals surface area contributed by atoms with Gasteiger partial charge in [0.15, 0.2) is 0 Å². The number of aromatic hydroxyl groups is 2. The predicted octanol–water partition coefficient (Wildman–Crippen LogP) is 2.60. The lowest BCUT2D eigenvalue weighted by molar-refractivity contribution is 0.365. The van der Waals surface area contributed by atoms with E-state index in [9.17, 15) is 39.0 Å². The highest BCUT2D eigenvalue weighted by atomic mass is 16.3. The molecule has 0 bridgehead atoms. The Kier molecular flexibility index (Phi) is 22.4. The lowest BCUT2D eigenvalue weighted by Gasteiger charge is -2.23. The molecule has 2 aromatic carbocycles. The van der Waals surface area contributed by atoms with E-state index in [0.717, 1.165) is 65.1 Å². The summed E-state index contributed by atoms with van der Waals surface area (Å²) in [6.07, 6.45) is 4.99. The molecule has 0 unspecified atom stereocenters. The third-order valence-electron chi connectivity index (χ3n) is 15.6. The third-order valence-corrected chi connectivity index (χ3v) is 15.6. The highest BCUT2D eigenvalue weighted by Gasteiger charge is 2.30. The molecule has 2 aliphatic heterocycles. The first kappa shape index (κ1) is 65.6. The van der Waals surface area contributed by atoms with Crippen LogP contribution >= 0.6 is 0 Å². The summed E-state index contributed by atoms with van der Waals surface area (Å²) in [5.74, 6) is -0.315. The quantitative estimate of drug-likeness (QED) is 0.0453. The van der Waals surface area contributed by atoms with Gasteiger partial charge >= 0.3 is 0 Å². The van der Waals surface area contributed by atoms with Crippen LogP contribution in [0.5, 0.6) is 11.8 Å². The van der Waals surface area contributed by atoms with Crippen LogP contribution < -0.4 is 49.4 Å². The van der Waals surface area contributed by atoms with Crippen LogP contribution in [0, 0.1) is 0 Å². The lowest BCUT2D eigenvalue weighted by Crippen LogP contribution is -2.38. The number of nitrogens with zero attached hydrogens (tertiary/aromatic N) is 13. The molecule has 2 aromatic heterocycles. The van der Waals surface area contributed by atoms with Gasteiger partial charge < -0.3 is 49.8 Å². The van der Waals surface area contributed by atoms with Crippen LogP contribution in [0.4, 0.5) is 5.69 Å². The van der Waals surface area contributed by atoms with Crippen molar-refractivity contribution in [1.29, 1.82) is 0 Å². The van der Waals surface area contributed by atoms with Crippen molar-refractivity contribution in [2.24, 2.45) is 9.98 Å². The number of anilines is 1. The van der Waals surface area contributed by atoms with Crippen molar-refractivity contribution in [3.05, 3.63) is 103 Å². The maximum Gasteiger partial charge on any atom is 0.263 e. The Hall–Kier alpha value is -6.92. The van der Waals surface area contributed by atoms with E-state index < -0.39 is 5.56 Å². The fraction of sp³-hybridized carbons (Fsp3) is 0.556. The van der Waals surface area contributed by atoms with Crippen LogP contribution in [0.3, 0.4) is 0 Å². The van der Waals surface area contributed by atoms with Gasteiger partial charge in [-0.25, -0.2) is 0 Å². The molecule has 3 N–H and O–H groups in total. The van der Waals surface area contributed by atoms with Crippen molar-refractivity contribution >= 4 is 48.8 Å². The van der Waals surface area contributed by atoms with Gasteiger partial charge in [-0.2, -0.15) is 0 Å². The molecule has 22 nitrogen and oxygen atoms in total. The maximum absolute atomic E-state index is 14.2. The van der Waals surface area contributed by atoms with Gasteiger partial charge in [0.05, 0.1) is 38.0 Å². The maximum atomic E-state index is 14.2. The zero-order valence-corrected chi connectivity index (χ0v) is 52.9. The summed E-state index contributed by atoms with van der Waals surface area (Å²) in [4.78, 5) is 108. The molecule has 4 heterocycles. The van der Waals surface area contributed by atoms with Crippen LogP contribution in [0.25, 0.3) is 65.3 Å². The lowest BCUT2D eigenvalue weighted by atomic mass is 9.89. The Bertz CT molecular complexity index is 3990. The Balaban J connectivity index is 0.000000247. The highest BCUT2D eigenvalue weighted by Crippen LogP contribution is 2.41. The van der Waals surface area contributed by atoms with Crippen LogP contribution in [0.2, 0.25) is 0 Å². The fourth-order valence-electron chi connectivity index (χ4n) is 11.4. The van der Waals surface area contributed by atoms with Crippen molar-refractivity contribution < 1.29 is 10.2 Å². The molecule has 462 valence electrons. The topological polar surface area (TPSA) is 222 Å². The molecule has 0 saturated carbocycles. The van der Waals surface area contributed by atoms with Gasteiger partial charge in [-0.15, -0.1) is 0 Å². The van der Waals surface area contributed by atoms with Crippen LogP contribution in [0.15, 0.2) is 69.1 Å². The minimum absolute atomic E-state index is 0.151. The second kappa shape index (κ2) is 29.0. The largest absolute Gasteiger partial charge is 0.494 e. The van der Waals surface area contributed by atoms with Gasteiger partial charge in [0.2, 0.25) is 11.8 Å². The molecule has 4 aromatic rings. The predicted molar refractivity (Wildman–Crippen MR) is 345 cm³/mol. The fourth-order valence-corrected chi connectivity index (χ4v) is 11.4. The molecule has 0 amide bonds. The van der Waals surface area contributed by atoms with E-state index in [2.05, 4.69) is 20.0 Å². The van der Waals surface area contributed by atoms with Gasteiger partial charge in [-0.3, -0.25) is 57.0 Å². The number of aromatic nitrogens is 4. The van der Waals surface area contributed by atoms with E-state index in [-0.39, 0.29) is 46.1 Å². The second-order valence-electron chi connectivity index (χ2n) is 24.5. The Labute approximate surface area is 497 Å². The van der Waals surface area contributed by atoms with Crippen molar-refractivity contribution in [1.82, 2.24) is 52.6 Å². The molecule has 0 atom stereocenters. The molecular weight excluding hydrogens is 1080 g/mol. The molecule has 0 radical (unpaired) electrons. The number of hydrogen-bond donors (Lipinski definition) is 3. The minimum Gasteiger partial charge on any atom is -0.494 e. The van der Waals surface area contributed by atoms with E-state index in [1.807, 2.05) is 118 Å². The van der Waals surface area contributed by atoms with Gasteiger partial charge in [0, 0.05) is 89.6 Å². The summed E-state index contributed by atoms with van der Waals surface area (Å²) in [7, 11) is 27.7. The summed E-state index contributed by atoms with van der Waals surface area (Å²) in [5.41, 5.74) is -0.193. The first-order valence-electron chi connectivity index (χ1n) is 29.8. The number of hydrogen-bond acceptors (Lipinski definition) is 18. The molecule has 22 heteroatoms. The average Bonchev–Trinajstić information content (AvgIpc) is 0.813. The summed E-state index contributed by atoms with van der Waals surface area (Å²) in [6.45, 7) is 8.23. The summed E-state index contributed by atoms with van der Waals surface area (Å²) >= 11 is 0. The SMILES string of the molecule is CN(C)CCCN=c1cc2c(=O)n(CCCN(C)C)c(=O)c3c(NCCCN(C)C)cc4c(O)n(CCCN(C)C)c(=O)c1c4c3-2.CN(C)CCCN=c1cc2c(=O)n(CCCN(C)C)c(=O)c3ccc4c(O)n(CCCN(C)C)c(=O)c1c4c3-2. The zero-order valence-electron chi connectivity index (χ0n) is 52.9. The van der Waals surface area contributed by atoms with E-state index >= 15 is 0 Å².